The van der Waals surface area contributed by atoms with Gasteiger partial charge in [0.15, 0.2) is 0 Å². The number of hydrogen-bond donors (Lipinski definition) is 1. The highest BCUT2D eigenvalue weighted by atomic mass is 79.9. The molecular formula is C13H18BrNO. The number of halogens is 1. The van der Waals surface area contributed by atoms with Gasteiger partial charge in [0.05, 0.1) is 10.9 Å². The second kappa shape index (κ2) is 6.04. The summed E-state index contributed by atoms with van der Waals surface area (Å²) in [5.41, 5.74) is 2.38. The molecule has 2 nitrogen and oxygen atoms in total. The summed E-state index contributed by atoms with van der Waals surface area (Å²) in [7, 11) is 0. The number of amides is 1. The Morgan fingerprint density at radius 1 is 1.44 bits per heavy atom. The van der Waals surface area contributed by atoms with Crippen LogP contribution in [0.25, 0.3) is 0 Å². The second-order valence-corrected chi connectivity index (χ2v) is 5.07. The van der Waals surface area contributed by atoms with Crippen LogP contribution in [0.3, 0.4) is 0 Å². The molecule has 0 saturated carbocycles. The smallest absolute Gasteiger partial charge is 0.234 e. The standard InChI is InChI=1S/C13H18BrNO/c1-4-12(14)13(16)15-10(3)11-8-6-5-7-9(11)2/h5-8,10,12H,4H2,1-3H3,(H,15,16). The third-order valence-corrected chi connectivity index (χ3v) is 3.72. The Labute approximate surface area is 106 Å². The van der Waals surface area contributed by atoms with Crippen LogP contribution in [0.15, 0.2) is 24.3 Å². The van der Waals surface area contributed by atoms with E-state index in [1.165, 1.54) is 11.1 Å². The van der Waals surface area contributed by atoms with E-state index >= 15 is 0 Å². The number of alkyl halides is 1. The fraction of sp³-hybridized carbons (Fsp3) is 0.462. The Balaban J connectivity index is 2.69. The minimum atomic E-state index is -0.0982. The van der Waals surface area contributed by atoms with E-state index in [1.54, 1.807) is 0 Å². The number of benzene rings is 1. The van der Waals surface area contributed by atoms with Crippen molar-refractivity contribution in [2.45, 2.75) is 38.1 Å². The summed E-state index contributed by atoms with van der Waals surface area (Å²) < 4.78 is 0. The van der Waals surface area contributed by atoms with E-state index in [-0.39, 0.29) is 16.8 Å². The predicted octanol–water partition coefficient (Wildman–Crippen LogP) is 3.35. The van der Waals surface area contributed by atoms with Crippen LogP contribution in [-0.4, -0.2) is 10.7 Å². The van der Waals surface area contributed by atoms with Crippen LogP contribution in [0.2, 0.25) is 0 Å². The molecule has 0 saturated heterocycles. The number of carbonyl (C=O) groups is 1. The minimum absolute atomic E-state index is 0.0539. The summed E-state index contributed by atoms with van der Waals surface area (Å²) in [6.07, 6.45) is 0.798. The number of aryl methyl sites for hydroxylation is 1. The molecular weight excluding hydrogens is 266 g/mol. The van der Waals surface area contributed by atoms with E-state index in [2.05, 4.69) is 40.3 Å². The van der Waals surface area contributed by atoms with Gasteiger partial charge in [0.25, 0.3) is 0 Å². The molecule has 1 amide bonds. The molecule has 1 rings (SSSR count). The van der Waals surface area contributed by atoms with E-state index in [0.717, 1.165) is 6.42 Å². The van der Waals surface area contributed by atoms with Gasteiger partial charge in [-0.2, -0.15) is 0 Å². The lowest BCUT2D eigenvalue weighted by molar-refractivity contribution is -0.121. The summed E-state index contributed by atoms with van der Waals surface area (Å²) in [6.45, 7) is 6.05. The molecule has 3 heteroatoms. The summed E-state index contributed by atoms with van der Waals surface area (Å²) in [4.78, 5) is 11.6. The quantitative estimate of drug-likeness (QED) is 0.844. The Kier molecular flexibility index (Phi) is 5.00. The SMILES string of the molecule is CCC(Br)C(=O)NC(C)c1ccccc1C. The van der Waals surface area contributed by atoms with Crippen molar-refractivity contribution in [2.75, 3.05) is 0 Å². The molecule has 88 valence electrons. The molecule has 1 aromatic rings. The van der Waals surface area contributed by atoms with Gasteiger partial charge in [0.2, 0.25) is 5.91 Å². The van der Waals surface area contributed by atoms with Crippen LogP contribution < -0.4 is 5.32 Å². The highest BCUT2D eigenvalue weighted by Gasteiger charge is 2.16. The third kappa shape index (κ3) is 3.34. The molecule has 0 fully saturated rings. The highest BCUT2D eigenvalue weighted by Crippen LogP contribution is 2.17. The fourth-order valence-corrected chi connectivity index (χ4v) is 1.77. The molecule has 2 atom stereocenters. The van der Waals surface area contributed by atoms with Crippen molar-refractivity contribution < 1.29 is 4.79 Å². The second-order valence-electron chi connectivity index (χ2n) is 3.96. The average Bonchev–Trinajstić information content (AvgIpc) is 2.28. The Morgan fingerprint density at radius 2 is 2.06 bits per heavy atom. The van der Waals surface area contributed by atoms with Gasteiger partial charge in [-0.15, -0.1) is 0 Å². The Morgan fingerprint density at radius 3 is 2.62 bits per heavy atom. The van der Waals surface area contributed by atoms with Crippen LogP contribution in [0, 0.1) is 6.92 Å². The van der Waals surface area contributed by atoms with E-state index < -0.39 is 0 Å². The van der Waals surface area contributed by atoms with Gasteiger partial charge < -0.3 is 5.32 Å². The minimum Gasteiger partial charge on any atom is -0.349 e. The van der Waals surface area contributed by atoms with Crippen LogP contribution in [0.4, 0.5) is 0 Å². The topological polar surface area (TPSA) is 29.1 Å². The summed E-state index contributed by atoms with van der Waals surface area (Å²) in [6, 6.07) is 8.17. The summed E-state index contributed by atoms with van der Waals surface area (Å²) in [5.74, 6) is 0.0539. The van der Waals surface area contributed by atoms with Gasteiger partial charge in [-0.25, -0.2) is 0 Å². The number of hydrogen-bond acceptors (Lipinski definition) is 1. The Bertz CT molecular complexity index is 365. The van der Waals surface area contributed by atoms with Crippen molar-refractivity contribution in [1.82, 2.24) is 5.32 Å². The van der Waals surface area contributed by atoms with E-state index in [0.29, 0.717) is 0 Å². The number of carbonyl (C=O) groups excluding carboxylic acids is 1. The predicted molar refractivity (Wildman–Crippen MR) is 70.7 cm³/mol. The van der Waals surface area contributed by atoms with Gasteiger partial charge in [-0.3, -0.25) is 4.79 Å². The first-order valence-corrected chi connectivity index (χ1v) is 6.47. The van der Waals surface area contributed by atoms with Crippen molar-refractivity contribution in [3.8, 4) is 0 Å². The van der Waals surface area contributed by atoms with Gasteiger partial charge in [-0.05, 0) is 31.4 Å². The molecule has 2 unspecified atom stereocenters. The first kappa shape index (κ1) is 13.2. The van der Waals surface area contributed by atoms with E-state index in [9.17, 15) is 4.79 Å². The van der Waals surface area contributed by atoms with Gasteiger partial charge in [-0.1, -0.05) is 47.1 Å². The van der Waals surface area contributed by atoms with Crippen LogP contribution in [-0.2, 0) is 4.79 Å². The van der Waals surface area contributed by atoms with E-state index in [1.807, 2.05) is 26.0 Å². The molecule has 0 bridgehead atoms. The molecule has 0 radical (unpaired) electrons. The lowest BCUT2D eigenvalue weighted by Gasteiger charge is -2.18. The van der Waals surface area contributed by atoms with Crippen molar-refractivity contribution in [1.29, 1.82) is 0 Å². The van der Waals surface area contributed by atoms with Crippen LogP contribution >= 0.6 is 15.9 Å². The van der Waals surface area contributed by atoms with Gasteiger partial charge in [0.1, 0.15) is 0 Å². The maximum atomic E-state index is 11.7. The highest BCUT2D eigenvalue weighted by molar-refractivity contribution is 9.10. The van der Waals surface area contributed by atoms with Crippen molar-refractivity contribution >= 4 is 21.8 Å². The summed E-state index contributed by atoms with van der Waals surface area (Å²) >= 11 is 3.35. The molecule has 1 aromatic carbocycles. The molecule has 0 aliphatic rings. The maximum absolute atomic E-state index is 11.7. The molecule has 0 aromatic heterocycles. The average molecular weight is 284 g/mol. The summed E-state index contributed by atoms with van der Waals surface area (Å²) in [5, 5.41) is 3.00. The van der Waals surface area contributed by atoms with Crippen LogP contribution in [0.1, 0.15) is 37.4 Å². The van der Waals surface area contributed by atoms with Gasteiger partial charge in [0, 0.05) is 0 Å². The largest absolute Gasteiger partial charge is 0.349 e. The third-order valence-electron chi connectivity index (χ3n) is 2.66. The Hall–Kier alpha value is -0.830. The number of nitrogens with one attached hydrogen (secondary N) is 1. The fourth-order valence-electron chi connectivity index (χ4n) is 1.64. The van der Waals surface area contributed by atoms with Crippen molar-refractivity contribution in [2.24, 2.45) is 0 Å². The van der Waals surface area contributed by atoms with Crippen molar-refractivity contribution in [3.63, 3.8) is 0 Å². The normalized spacial score (nSPS) is 14.2. The molecule has 0 aliphatic carbocycles. The van der Waals surface area contributed by atoms with Gasteiger partial charge >= 0.3 is 0 Å². The molecule has 16 heavy (non-hydrogen) atoms. The van der Waals surface area contributed by atoms with Crippen LogP contribution in [0.5, 0.6) is 0 Å². The monoisotopic (exact) mass is 283 g/mol. The lowest BCUT2D eigenvalue weighted by Crippen LogP contribution is -2.33. The molecule has 0 spiro atoms. The first-order chi connectivity index (χ1) is 7.56. The maximum Gasteiger partial charge on any atom is 0.234 e. The number of rotatable bonds is 4. The first-order valence-electron chi connectivity index (χ1n) is 5.56. The zero-order valence-electron chi connectivity index (χ0n) is 9.96. The molecule has 0 aliphatic heterocycles. The van der Waals surface area contributed by atoms with Crippen molar-refractivity contribution in [3.05, 3.63) is 35.4 Å². The zero-order chi connectivity index (χ0) is 12.1. The molecule has 0 heterocycles. The lowest BCUT2D eigenvalue weighted by atomic mass is 10.0. The zero-order valence-corrected chi connectivity index (χ0v) is 11.5. The molecule has 1 N–H and O–H groups in total. The van der Waals surface area contributed by atoms with E-state index in [4.69, 9.17) is 0 Å².